The summed E-state index contributed by atoms with van der Waals surface area (Å²) in [5.41, 5.74) is 5.78. The first-order valence-corrected chi connectivity index (χ1v) is 10.5. The number of carbonyl (C=O) groups is 1. The van der Waals surface area contributed by atoms with E-state index in [4.69, 9.17) is 0 Å². The number of ketones is 1. The molecule has 0 aromatic heterocycles. The Labute approximate surface area is 175 Å². The number of halogens is 1. The van der Waals surface area contributed by atoms with Crippen molar-refractivity contribution in [3.05, 3.63) is 93.6 Å². The van der Waals surface area contributed by atoms with Gasteiger partial charge in [-0.2, -0.15) is 0 Å². The van der Waals surface area contributed by atoms with Gasteiger partial charge in [0.1, 0.15) is 11.6 Å². The van der Waals surface area contributed by atoms with Crippen molar-refractivity contribution in [2.24, 2.45) is 0 Å². The SMILES string of the molecule is CCC1=c2ccc3c(c2=C(O)CC1)C(=O)C(Cc1ccc(F)cc1)c1ccccc1-3. The number of carbonyl (C=O) groups excluding carboxylic acids is 1. The van der Waals surface area contributed by atoms with Crippen molar-refractivity contribution < 1.29 is 14.3 Å². The Balaban J connectivity index is 1.77. The predicted octanol–water partition coefficient (Wildman–Crippen LogP) is 5.04. The maximum atomic E-state index is 13.9. The molecule has 3 heteroatoms. The molecule has 0 saturated carbocycles. The number of hydrogen-bond donors (Lipinski definition) is 1. The molecule has 3 aromatic carbocycles. The van der Waals surface area contributed by atoms with Gasteiger partial charge in [-0.3, -0.25) is 4.79 Å². The van der Waals surface area contributed by atoms with Crippen molar-refractivity contribution in [2.75, 3.05) is 0 Å². The number of benzene rings is 3. The first kappa shape index (κ1) is 18.8. The average Bonchev–Trinajstić information content (AvgIpc) is 2.77. The van der Waals surface area contributed by atoms with Crippen LogP contribution in [-0.2, 0) is 6.42 Å². The molecule has 2 nitrogen and oxygen atoms in total. The zero-order valence-electron chi connectivity index (χ0n) is 16.9. The van der Waals surface area contributed by atoms with Crippen molar-refractivity contribution in [1.82, 2.24) is 0 Å². The first-order chi connectivity index (χ1) is 14.6. The van der Waals surface area contributed by atoms with E-state index < -0.39 is 0 Å². The molecule has 0 aliphatic heterocycles. The molecular formula is C27H23FO2. The van der Waals surface area contributed by atoms with Crippen LogP contribution >= 0.6 is 0 Å². The Morgan fingerprint density at radius 1 is 0.967 bits per heavy atom. The minimum atomic E-state index is -0.356. The maximum Gasteiger partial charge on any atom is 0.172 e. The number of Topliss-reactive ketones (excluding diaryl/α,β-unsaturated/α-hetero) is 1. The van der Waals surface area contributed by atoms with Gasteiger partial charge in [0.05, 0.1) is 5.92 Å². The molecule has 2 aliphatic carbocycles. The molecule has 0 saturated heterocycles. The molecule has 30 heavy (non-hydrogen) atoms. The number of hydrogen-bond acceptors (Lipinski definition) is 2. The lowest BCUT2D eigenvalue weighted by atomic mass is 9.74. The number of aliphatic hydroxyl groups excluding tert-OH is 1. The zero-order valence-corrected chi connectivity index (χ0v) is 16.9. The van der Waals surface area contributed by atoms with Crippen molar-refractivity contribution in [1.29, 1.82) is 0 Å². The Kier molecular flexibility index (Phi) is 4.54. The standard InChI is InChI=1S/C27H23FO2/c1-2-17-9-14-24(29)25-19(17)12-13-22-20-5-3-4-6-21(20)23(27(30)26(22)25)15-16-7-10-18(28)11-8-16/h3-8,10-13,23,29H,2,9,14-15H2,1H3. The lowest BCUT2D eigenvalue weighted by Gasteiger charge is -2.28. The van der Waals surface area contributed by atoms with E-state index in [2.05, 4.69) is 19.1 Å². The molecule has 1 N–H and O–H groups in total. The van der Waals surface area contributed by atoms with Gasteiger partial charge < -0.3 is 5.11 Å². The van der Waals surface area contributed by atoms with Crippen LogP contribution in [0.3, 0.4) is 0 Å². The summed E-state index contributed by atoms with van der Waals surface area (Å²) in [5.74, 6) is -0.290. The second-order valence-electron chi connectivity index (χ2n) is 8.15. The molecule has 0 amide bonds. The van der Waals surface area contributed by atoms with Gasteiger partial charge in [-0.05, 0) is 58.9 Å². The fraction of sp³-hybridized carbons (Fsp3) is 0.222. The molecule has 1 atom stereocenters. The van der Waals surface area contributed by atoms with E-state index in [0.717, 1.165) is 45.5 Å². The molecule has 2 aliphatic rings. The van der Waals surface area contributed by atoms with Crippen molar-refractivity contribution in [2.45, 2.75) is 38.5 Å². The Morgan fingerprint density at radius 2 is 1.73 bits per heavy atom. The van der Waals surface area contributed by atoms with E-state index >= 15 is 0 Å². The lowest BCUT2D eigenvalue weighted by Crippen LogP contribution is -2.40. The van der Waals surface area contributed by atoms with Crippen LogP contribution in [0.4, 0.5) is 4.39 Å². The summed E-state index contributed by atoms with van der Waals surface area (Å²) in [7, 11) is 0. The molecule has 0 bridgehead atoms. The van der Waals surface area contributed by atoms with Crippen LogP contribution in [0.1, 0.15) is 53.6 Å². The molecule has 0 heterocycles. The van der Waals surface area contributed by atoms with Gasteiger partial charge in [0, 0.05) is 17.2 Å². The molecule has 0 radical (unpaired) electrons. The van der Waals surface area contributed by atoms with E-state index in [0.29, 0.717) is 24.2 Å². The maximum absolute atomic E-state index is 13.9. The lowest BCUT2D eigenvalue weighted by molar-refractivity contribution is 0.0956. The predicted molar refractivity (Wildman–Crippen MR) is 117 cm³/mol. The van der Waals surface area contributed by atoms with Crippen LogP contribution in [-0.4, -0.2) is 10.9 Å². The number of fused-ring (bicyclic) bond motifs is 5. The highest BCUT2D eigenvalue weighted by atomic mass is 19.1. The second kappa shape index (κ2) is 7.24. The van der Waals surface area contributed by atoms with Crippen LogP contribution in [0.5, 0.6) is 0 Å². The first-order valence-electron chi connectivity index (χ1n) is 10.5. The van der Waals surface area contributed by atoms with Crippen LogP contribution in [0.15, 0.2) is 60.7 Å². The summed E-state index contributed by atoms with van der Waals surface area (Å²) in [6.45, 7) is 2.12. The van der Waals surface area contributed by atoms with Crippen molar-refractivity contribution >= 4 is 17.1 Å². The van der Waals surface area contributed by atoms with Gasteiger partial charge in [-0.15, -0.1) is 0 Å². The molecule has 0 spiro atoms. The smallest absolute Gasteiger partial charge is 0.172 e. The summed E-state index contributed by atoms with van der Waals surface area (Å²) >= 11 is 0. The summed E-state index contributed by atoms with van der Waals surface area (Å²) in [6, 6.07) is 18.5. The molecule has 0 fully saturated rings. The fourth-order valence-corrected chi connectivity index (χ4v) is 4.99. The monoisotopic (exact) mass is 398 g/mol. The van der Waals surface area contributed by atoms with Gasteiger partial charge in [0.25, 0.3) is 0 Å². The topological polar surface area (TPSA) is 37.3 Å². The third-order valence-electron chi connectivity index (χ3n) is 6.51. The number of rotatable bonds is 3. The van der Waals surface area contributed by atoms with Crippen molar-refractivity contribution in [3.8, 4) is 11.1 Å². The average molecular weight is 398 g/mol. The third kappa shape index (κ3) is 2.88. The molecule has 5 rings (SSSR count). The summed E-state index contributed by atoms with van der Waals surface area (Å²) in [6.07, 6.45) is 2.81. The third-order valence-corrected chi connectivity index (χ3v) is 6.51. The van der Waals surface area contributed by atoms with Gasteiger partial charge in [-0.1, -0.05) is 61.0 Å². The molecule has 3 aromatic rings. The Hall–Kier alpha value is -3.20. The zero-order chi connectivity index (χ0) is 20.8. The van der Waals surface area contributed by atoms with E-state index in [1.54, 1.807) is 12.1 Å². The van der Waals surface area contributed by atoms with E-state index in [1.807, 2.05) is 24.3 Å². The highest BCUT2D eigenvalue weighted by molar-refractivity contribution is 6.10. The quantitative estimate of drug-likeness (QED) is 0.671. The Morgan fingerprint density at radius 3 is 2.50 bits per heavy atom. The van der Waals surface area contributed by atoms with Crippen LogP contribution in [0, 0.1) is 5.82 Å². The summed E-state index contributed by atoms with van der Waals surface area (Å²) in [4.78, 5) is 13.9. The van der Waals surface area contributed by atoms with E-state index in [1.165, 1.54) is 17.7 Å². The number of aliphatic hydroxyl groups is 1. The van der Waals surface area contributed by atoms with Gasteiger partial charge in [0.15, 0.2) is 5.78 Å². The van der Waals surface area contributed by atoms with E-state index in [9.17, 15) is 14.3 Å². The molecule has 150 valence electrons. The minimum absolute atomic E-state index is 0.0359. The van der Waals surface area contributed by atoms with Crippen LogP contribution < -0.4 is 10.4 Å². The fourth-order valence-electron chi connectivity index (χ4n) is 4.99. The van der Waals surface area contributed by atoms with E-state index in [-0.39, 0.29) is 17.5 Å². The Bertz CT molecular complexity index is 1290. The molecule has 1 unspecified atom stereocenters. The largest absolute Gasteiger partial charge is 0.512 e. The highest BCUT2D eigenvalue weighted by Gasteiger charge is 2.34. The minimum Gasteiger partial charge on any atom is -0.512 e. The highest BCUT2D eigenvalue weighted by Crippen LogP contribution is 2.40. The molecular weight excluding hydrogens is 375 g/mol. The van der Waals surface area contributed by atoms with Gasteiger partial charge >= 0.3 is 0 Å². The normalized spacial score (nSPS) is 17.4. The van der Waals surface area contributed by atoms with Gasteiger partial charge in [-0.25, -0.2) is 4.39 Å². The van der Waals surface area contributed by atoms with Gasteiger partial charge in [0.2, 0.25) is 0 Å². The van der Waals surface area contributed by atoms with Crippen LogP contribution in [0.2, 0.25) is 0 Å². The summed E-state index contributed by atoms with van der Waals surface area (Å²) in [5, 5.41) is 12.5. The van der Waals surface area contributed by atoms with Crippen molar-refractivity contribution in [3.63, 3.8) is 0 Å². The second-order valence-corrected chi connectivity index (χ2v) is 8.15. The van der Waals surface area contributed by atoms with Crippen LogP contribution in [0.25, 0.3) is 22.5 Å². The summed E-state index contributed by atoms with van der Waals surface area (Å²) < 4.78 is 13.4.